The van der Waals surface area contributed by atoms with Crippen LogP contribution in [0, 0.1) is 5.92 Å². The van der Waals surface area contributed by atoms with Crippen molar-refractivity contribution in [3.05, 3.63) is 48.0 Å². The van der Waals surface area contributed by atoms with Gasteiger partial charge in [-0.05, 0) is 35.7 Å². The fraction of sp³-hybridized carbons (Fsp3) is 0.435. The molecule has 2 aromatic rings. The summed E-state index contributed by atoms with van der Waals surface area (Å²) in [5, 5.41) is 2.11. The van der Waals surface area contributed by atoms with Gasteiger partial charge in [-0.3, -0.25) is 19.3 Å². The highest BCUT2D eigenvalue weighted by atomic mass is 16.6. The van der Waals surface area contributed by atoms with Gasteiger partial charge in [0, 0.05) is 19.5 Å². The number of hydrogen-bond donors (Lipinski definition) is 0. The third kappa shape index (κ3) is 4.54. The minimum absolute atomic E-state index is 0.0524. The van der Waals surface area contributed by atoms with E-state index in [-0.39, 0.29) is 18.0 Å². The first kappa shape index (κ1) is 19.7. The highest BCUT2D eigenvalue weighted by Crippen LogP contribution is 2.24. The summed E-state index contributed by atoms with van der Waals surface area (Å²) in [5.74, 6) is -2.75. The molecule has 0 N–H and O–H groups in total. The van der Waals surface area contributed by atoms with E-state index in [4.69, 9.17) is 9.47 Å². The number of cyclic esters (lactones) is 1. The number of esters is 1. The molecule has 2 heterocycles. The SMILES string of the molecule is O=C(Cc1ccc2ccccc2c1)C1C(=O)OC(CCCN2CCOCC2)C1=O. The van der Waals surface area contributed by atoms with E-state index >= 15 is 0 Å². The number of Topliss-reactive ketones (excluding diaryl/α,β-unsaturated/α-hetero) is 2. The molecule has 2 saturated heterocycles. The Kier molecular flexibility index (Phi) is 6.02. The van der Waals surface area contributed by atoms with Crippen molar-refractivity contribution in [2.24, 2.45) is 5.92 Å². The summed E-state index contributed by atoms with van der Waals surface area (Å²) in [7, 11) is 0. The molecule has 0 amide bonds. The number of morpholine rings is 1. The molecule has 0 saturated carbocycles. The number of benzene rings is 2. The van der Waals surface area contributed by atoms with Crippen LogP contribution in [0.15, 0.2) is 42.5 Å². The molecule has 29 heavy (non-hydrogen) atoms. The smallest absolute Gasteiger partial charge is 0.325 e. The van der Waals surface area contributed by atoms with Crippen molar-refractivity contribution in [3.63, 3.8) is 0 Å². The van der Waals surface area contributed by atoms with E-state index in [1.54, 1.807) is 0 Å². The largest absolute Gasteiger partial charge is 0.453 e. The van der Waals surface area contributed by atoms with Crippen LogP contribution in [0.25, 0.3) is 10.8 Å². The molecule has 0 bridgehead atoms. The Morgan fingerprint density at radius 2 is 1.79 bits per heavy atom. The van der Waals surface area contributed by atoms with Crippen molar-refractivity contribution in [3.8, 4) is 0 Å². The predicted molar refractivity (Wildman–Crippen MR) is 108 cm³/mol. The molecule has 2 aromatic carbocycles. The maximum absolute atomic E-state index is 12.7. The highest BCUT2D eigenvalue weighted by molar-refractivity contribution is 6.22. The molecule has 6 heteroatoms. The lowest BCUT2D eigenvalue weighted by atomic mass is 9.92. The number of hydrogen-bond acceptors (Lipinski definition) is 6. The molecular weight excluding hydrogens is 370 g/mol. The van der Waals surface area contributed by atoms with Gasteiger partial charge in [0.1, 0.15) is 0 Å². The fourth-order valence-electron chi connectivity index (χ4n) is 4.04. The Hall–Kier alpha value is -2.57. The molecule has 0 spiro atoms. The van der Waals surface area contributed by atoms with Crippen LogP contribution in [-0.2, 0) is 30.3 Å². The molecule has 2 aliphatic heterocycles. The van der Waals surface area contributed by atoms with E-state index in [2.05, 4.69) is 4.90 Å². The predicted octanol–water partition coefficient (Wildman–Crippen LogP) is 2.17. The lowest BCUT2D eigenvalue weighted by molar-refractivity contribution is -0.146. The summed E-state index contributed by atoms with van der Waals surface area (Å²) in [6.45, 7) is 4.04. The Labute approximate surface area is 169 Å². The monoisotopic (exact) mass is 395 g/mol. The van der Waals surface area contributed by atoms with Gasteiger partial charge in [0.15, 0.2) is 23.6 Å². The van der Waals surface area contributed by atoms with Gasteiger partial charge in [0.2, 0.25) is 0 Å². The maximum Gasteiger partial charge on any atom is 0.325 e. The molecule has 2 atom stereocenters. The third-order valence-corrected chi connectivity index (χ3v) is 5.65. The summed E-state index contributed by atoms with van der Waals surface area (Å²) in [5.41, 5.74) is 0.796. The van der Waals surface area contributed by atoms with E-state index in [9.17, 15) is 14.4 Å². The standard InChI is InChI=1S/C23H25NO5/c25-19(15-16-7-8-17-4-1-2-5-18(17)14-16)21-22(26)20(29-23(21)27)6-3-9-24-10-12-28-13-11-24/h1-2,4-5,7-8,14,20-21H,3,6,9-13,15H2. The van der Waals surface area contributed by atoms with Gasteiger partial charge in [0.25, 0.3) is 0 Å². The molecule has 0 aliphatic carbocycles. The van der Waals surface area contributed by atoms with Crippen LogP contribution < -0.4 is 0 Å². The minimum Gasteiger partial charge on any atom is -0.453 e. The van der Waals surface area contributed by atoms with Gasteiger partial charge in [-0.1, -0.05) is 42.5 Å². The van der Waals surface area contributed by atoms with Crippen LogP contribution in [0.3, 0.4) is 0 Å². The maximum atomic E-state index is 12.7. The summed E-state index contributed by atoms with van der Waals surface area (Å²) in [6.07, 6.45) is 0.461. The van der Waals surface area contributed by atoms with Gasteiger partial charge in [-0.2, -0.15) is 0 Å². The normalized spacial score (nSPS) is 22.8. The van der Waals surface area contributed by atoms with Crippen LogP contribution in [0.5, 0.6) is 0 Å². The molecular formula is C23H25NO5. The molecule has 2 fully saturated rings. The van der Waals surface area contributed by atoms with E-state index in [0.29, 0.717) is 6.42 Å². The van der Waals surface area contributed by atoms with Crippen molar-refractivity contribution in [2.45, 2.75) is 25.4 Å². The van der Waals surface area contributed by atoms with Crippen LogP contribution >= 0.6 is 0 Å². The average molecular weight is 395 g/mol. The van der Waals surface area contributed by atoms with Crippen molar-refractivity contribution in [2.75, 3.05) is 32.8 Å². The molecule has 2 aliphatic rings. The fourth-order valence-corrected chi connectivity index (χ4v) is 4.04. The number of carbonyl (C=O) groups excluding carboxylic acids is 3. The molecule has 0 radical (unpaired) electrons. The van der Waals surface area contributed by atoms with Crippen molar-refractivity contribution < 1.29 is 23.9 Å². The summed E-state index contributed by atoms with van der Waals surface area (Å²) >= 11 is 0. The van der Waals surface area contributed by atoms with Crippen molar-refractivity contribution in [1.82, 2.24) is 4.90 Å². The topological polar surface area (TPSA) is 72.9 Å². The average Bonchev–Trinajstić information content (AvgIpc) is 3.02. The zero-order chi connectivity index (χ0) is 20.2. The van der Waals surface area contributed by atoms with E-state index in [1.165, 1.54) is 0 Å². The number of fused-ring (bicyclic) bond motifs is 1. The second-order valence-electron chi connectivity index (χ2n) is 7.68. The molecule has 0 aromatic heterocycles. The minimum atomic E-state index is -1.28. The Bertz CT molecular complexity index is 918. The number of nitrogens with zero attached hydrogens (tertiary/aromatic N) is 1. The third-order valence-electron chi connectivity index (χ3n) is 5.65. The number of rotatable bonds is 7. The highest BCUT2D eigenvalue weighted by Gasteiger charge is 2.47. The molecule has 152 valence electrons. The number of ether oxygens (including phenoxy) is 2. The molecule has 6 nitrogen and oxygen atoms in total. The summed E-state index contributed by atoms with van der Waals surface area (Å²) in [6, 6.07) is 13.6. The Balaban J connectivity index is 1.34. The van der Waals surface area contributed by atoms with Crippen LogP contribution in [-0.4, -0.2) is 61.4 Å². The van der Waals surface area contributed by atoms with E-state index in [1.807, 2.05) is 42.5 Å². The van der Waals surface area contributed by atoms with E-state index < -0.39 is 18.0 Å². The van der Waals surface area contributed by atoms with Gasteiger partial charge >= 0.3 is 5.97 Å². The zero-order valence-corrected chi connectivity index (χ0v) is 16.3. The summed E-state index contributed by atoms with van der Waals surface area (Å²) in [4.78, 5) is 39.8. The summed E-state index contributed by atoms with van der Waals surface area (Å²) < 4.78 is 10.6. The Morgan fingerprint density at radius 3 is 2.59 bits per heavy atom. The number of ketones is 2. The van der Waals surface area contributed by atoms with Gasteiger partial charge < -0.3 is 9.47 Å². The quantitative estimate of drug-likeness (QED) is 0.529. The van der Waals surface area contributed by atoms with Gasteiger partial charge in [-0.25, -0.2) is 0 Å². The zero-order valence-electron chi connectivity index (χ0n) is 16.3. The van der Waals surface area contributed by atoms with Crippen molar-refractivity contribution >= 4 is 28.3 Å². The van der Waals surface area contributed by atoms with Gasteiger partial charge in [0.05, 0.1) is 13.2 Å². The first-order chi connectivity index (χ1) is 14.1. The Morgan fingerprint density at radius 1 is 1.03 bits per heavy atom. The molecule has 2 unspecified atom stereocenters. The first-order valence-electron chi connectivity index (χ1n) is 10.2. The first-order valence-corrected chi connectivity index (χ1v) is 10.2. The number of carbonyl (C=O) groups is 3. The second-order valence-corrected chi connectivity index (χ2v) is 7.68. The van der Waals surface area contributed by atoms with Crippen LogP contribution in [0.2, 0.25) is 0 Å². The lowest BCUT2D eigenvalue weighted by Crippen LogP contribution is -2.37. The van der Waals surface area contributed by atoms with Crippen LogP contribution in [0.1, 0.15) is 18.4 Å². The van der Waals surface area contributed by atoms with Crippen molar-refractivity contribution in [1.29, 1.82) is 0 Å². The van der Waals surface area contributed by atoms with E-state index in [0.717, 1.165) is 55.6 Å². The van der Waals surface area contributed by atoms with Gasteiger partial charge in [-0.15, -0.1) is 0 Å². The molecule has 4 rings (SSSR count). The second kappa shape index (κ2) is 8.84. The van der Waals surface area contributed by atoms with Crippen LogP contribution in [0.4, 0.5) is 0 Å². The lowest BCUT2D eigenvalue weighted by Gasteiger charge is -2.26.